The fraction of sp³-hybridized carbons (Fsp3) is 0.0714. The molecule has 5 heteroatoms. The molecule has 5 aromatic rings. The van der Waals surface area contributed by atoms with Gasteiger partial charge in [-0.15, -0.1) is 0 Å². The molecular weight excluding hydrogens is 432 g/mol. The lowest BCUT2D eigenvalue weighted by Crippen LogP contribution is -2.13. The van der Waals surface area contributed by atoms with Crippen molar-refractivity contribution in [2.75, 3.05) is 5.32 Å². The number of carbonyl (C=O) groups is 1. The van der Waals surface area contributed by atoms with Gasteiger partial charge in [0, 0.05) is 16.6 Å². The Bertz CT molecular complexity index is 1480. The number of benzene rings is 3. The Morgan fingerprint density at radius 2 is 1.55 bits per heavy atom. The number of hydrogen-bond donors (Lipinski definition) is 1. The number of pyridine rings is 1. The molecule has 1 N–H and O–H groups in total. The molecule has 0 unspecified atom stereocenters. The first-order chi connectivity index (χ1) is 16.0. The molecule has 0 bridgehead atoms. The maximum absolute atomic E-state index is 13.3. The van der Waals surface area contributed by atoms with Crippen molar-refractivity contribution < 1.29 is 9.21 Å². The van der Waals surface area contributed by atoms with E-state index in [1.807, 2.05) is 86.6 Å². The zero-order valence-corrected chi connectivity index (χ0v) is 19.0. The summed E-state index contributed by atoms with van der Waals surface area (Å²) in [5.41, 5.74) is 5.58. The van der Waals surface area contributed by atoms with E-state index in [0.29, 0.717) is 27.8 Å². The molecule has 0 saturated heterocycles. The van der Waals surface area contributed by atoms with Crippen LogP contribution < -0.4 is 5.32 Å². The van der Waals surface area contributed by atoms with Gasteiger partial charge < -0.3 is 9.73 Å². The molecule has 33 heavy (non-hydrogen) atoms. The van der Waals surface area contributed by atoms with Crippen molar-refractivity contribution >= 4 is 34.1 Å². The van der Waals surface area contributed by atoms with Gasteiger partial charge in [-0.25, -0.2) is 4.98 Å². The van der Waals surface area contributed by atoms with Crippen molar-refractivity contribution in [2.45, 2.75) is 13.8 Å². The van der Waals surface area contributed by atoms with E-state index in [9.17, 15) is 4.79 Å². The van der Waals surface area contributed by atoms with E-state index < -0.39 is 0 Å². The van der Waals surface area contributed by atoms with Gasteiger partial charge in [0.05, 0.1) is 16.1 Å². The summed E-state index contributed by atoms with van der Waals surface area (Å²) in [6, 6.07) is 26.6. The van der Waals surface area contributed by atoms with E-state index in [1.165, 1.54) is 0 Å². The molecule has 0 spiro atoms. The fourth-order valence-corrected chi connectivity index (χ4v) is 4.24. The smallest absolute Gasteiger partial charge is 0.256 e. The van der Waals surface area contributed by atoms with Crippen molar-refractivity contribution in [3.05, 3.63) is 107 Å². The second-order valence-corrected chi connectivity index (χ2v) is 8.45. The van der Waals surface area contributed by atoms with E-state index >= 15 is 0 Å². The zero-order chi connectivity index (χ0) is 22.9. The topological polar surface area (TPSA) is 55.1 Å². The van der Waals surface area contributed by atoms with E-state index in [4.69, 9.17) is 21.0 Å². The molecule has 0 aliphatic carbocycles. The van der Waals surface area contributed by atoms with Crippen molar-refractivity contribution in [3.8, 4) is 22.8 Å². The number of aromatic nitrogens is 1. The number of nitrogens with zero attached hydrogens (tertiary/aromatic N) is 1. The number of amides is 1. The van der Waals surface area contributed by atoms with Crippen molar-refractivity contribution in [2.24, 2.45) is 0 Å². The summed E-state index contributed by atoms with van der Waals surface area (Å²) < 4.78 is 6.09. The average Bonchev–Trinajstić information content (AvgIpc) is 3.28. The predicted octanol–water partition coefficient (Wildman–Crippen LogP) is 7.68. The van der Waals surface area contributed by atoms with Crippen LogP contribution in [0.25, 0.3) is 33.7 Å². The van der Waals surface area contributed by atoms with Gasteiger partial charge in [0.25, 0.3) is 5.91 Å². The van der Waals surface area contributed by atoms with Crippen LogP contribution in [0.4, 0.5) is 5.69 Å². The minimum atomic E-state index is -0.197. The van der Waals surface area contributed by atoms with Gasteiger partial charge >= 0.3 is 0 Å². The maximum Gasteiger partial charge on any atom is 0.256 e. The molecular formula is C28H21ClN2O2. The fourth-order valence-electron chi connectivity index (χ4n) is 4.02. The number of anilines is 1. The third-order valence-corrected chi connectivity index (χ3v) is 5.77. The lowest BCUT2D eigenvalue weighted by Gasteiger charge is -2.11. The number of rotatable bonds is 4. The quantitative estimate of drug-likeness (QED) is 0.304. The van der Waals surface area contributed by atoms with Gasteiger partial charge in [-0.3, -0.25) is 4.79 Å². The molecule has 0 aliphatic rings. The number of hydrogen-bond acceptors (Lipinski definition) is 3. The highest BCUT2D eigenvalue weighted by atomic mass is 35.5. The number of carbonyl (C=O) groups excluding carboxylic acids is 1. The van der Waals surface area contributed by atoms with Crippen LogP contribution in [0.3, 0.4) is 0 Å². The highest BCUT2D eigenvalue weighted by molar-refractivity contribution is 6.33. The van der Waals surface area contributed by atoms with Crippen molar-refractivity contribution in [1.29, 1.82) is 0 Å². The number of nitrogens with one attached hydrogen (secondary N) is 1. The molecule has 0 saturated carbocycles. The first kappa shape index (κ1) is 21.0. The summed E-state index contributed by atoms with van der Waals surface area (Å²) in [6.07, 6.45) is 0. The van der Waals surface area contributed by atoms with Gasteiger partial charge in [-0.1, -0.05) is 48.0 Å². The molecule has 4 nitrogen and oxygen atoms in total. The Morgan fingerprint density at radius 3 is 2.33 bits per heavy atom. The highest BCUT2D eigenvalue weighted by Gasteiger charge is 2.17. The highest BCUT2D eigenvalue weighted by Crippen LogP contribution is 2.33. The summed E-state index contributed by atoms with van der Waals surface area (Å²) in [6.45, 7) is 4.02. The molecule has 0 radical (unpaired) electrons. The molecule has 162 valence electrons. The Hall–Kier alpha value is -3.89. The van der Waals surface area contributed by atoms with Gasteiger partial charge in [0.2, 0.25) is 0 Å². The first-order valence-electron chi connectivity index (χ1n) is 10.6. The number of halogens is 1. The van der Waals surface area contributed by atoms with E-state index in [2.05, 4.69) is 11.4 Å². The largest absolute Gasteiger partial charge is 0.454 e. The van der Waals surface area contributed by atoms with Crippen LogP contribution in [-0.4, -0.2) is 10.9 Å². The number of para-hydroxylation sites is 1. The Labute approximate surface area is 196 Å². The predicted molar refractivity (Wildman–Crippen MR) is 134 cm³/mol. The molecule has 1 amide bonds. The number of fused-ring (bicyclic) bond motifs is 1. The SMILES string of the molecule is Cc1cc(C)cc(NC(=O)c2cc(-c3ccc(-c4ccccc4Cl)o3)nc3ccccc23)c1. The molecule has 3 aromatic carbocycles. The second kappa shape index (κ2) is 8.57. The van der Waals surface area contributed by atoms with Gasteiger partial charge in [0.15, 0.2) is 5.76 Å². The molecule has 0 aliphatic heterocycles. The van der Waals surface area contributed by atoms with Crippen LogP contribution in [0, 0.1) is 13.8 Å². The summed E-state index contributed by atoms with van der Waals surface area (Å²) in [4.78, 5) is 18.1. The molecule has 0 fully saturated rings. The summed E-state index contributed by atoms with van der Waals surface area (Å²) in [5, 5.41) is 4.42. The Kier molecular flexibility index (Phi) is 5.45. The molecule has 0 atom stereocenters. The monoisotopic (exact) mass is 452 g/mol. The van der Waals surface area contributed by atoms with Crippen LogP contribution in [0.15, 0.2) is 89.3 Å². The zero-order valence-electron chi connectivity index (χ0n) is 18.2. The molecule has 2 heterocycles. The molecule has 2 aromatic heterocycles. The minimum Gasteiger partial charge on any atom is -0.454 e. The average molecular weight is 453 g/mol. The summed E-state index contributed by atoms with van der Waals surface area (Å²) in [7, 11) is 0. The third kappa shape index (κ3) is 4.26. The Morgan fingerprint density at radius 1 is 0.848 bits per heavy atom. The first-order valence-corrected chi connectivity index (χ1v) is 11.0. The van der Waals surface area contributed by atoms with Crippen LogP contribution in [0.1, 0.15) is 21.5 Å². The third-order valence-electron chi connectivity index (χ3n) is 5.44. The van der Waals surface area contributed by atoms with E-state index in [-0.39, 0.29) is 5.91 Å². The van der Waals surface area contributed by atoms with Gasteiger partial charge in [-0.2, -0.15) is 0 Å². The standard InChI is InChI=1S/C28H21ClN2O2/c1-17-13-18(2)15-19(14-17)30-28(32)22-16-25(31-24-10-6-4-7-20(22)24)27-12-11-26(33-27)21-8-3-5-9-23(21)29/h3-16H,1-2H3,(H,30,32). The van der Waals surface area contributed by atoms with Crippen LogP contribution in [-0.2, 0) is 0 Å². The van der Waals surface area contributed by atoms with Crippen LogP contribution >= 0.6 is 11.6 Å². The van der Waals surface area contributed by atoms with E-state index in [1.54, 1.807) is 6.07 Å². The van der Waals surface area contributed by atoms with Gasteiger partial charge in [-0.05, 0) is 73.5 Å². The van der Waals surface area contributed by atoms with Crippen LogP contribution in [0.5, 0.6) is 0 Å². The number of furan rings is 1. The van der Waals surface area contributed by atoms with Crippen molar-refractivity contribution in [1.82, 2.24) is 4.98 Å². The normalized spacial score (nSPS) is 11.0. The lowest BCUT2D eigenvalue weighted by atomic mass is 10.1. The minimum absolute atomic E-state index is 0.197. The maximum atomic E-state index is 13.3. The van der Waals surface area contributed by atoms with Gasteiger partial charge in [0.1, 0.15) is 11.5 Å². The summed E-state index contributed by atoms with van der Waals surface area (Å²) >= 11 is 6.33. The second-order valence-electron chi connectivity index (χ2n) is 8.05. The van der Waals surface area contributed by atoms with E-state index in [0.717, 1.165) is 33.3 Å². The lowest BCUT2D eigenvalue weighted by molar-refractivity contribution is 0.102. The summed E-state index contributed by atoms with van der Waals surface area (Å²) in [5.74, 6) is 1.01. The Balaban J connectivity index is 1.57. The van der Waals surface area contributed by atoms with Crippen LogP contribution in [0.2, 0.25) is 5.02 Å². The number of aryl methyl sites for hydroxylation is 2. The molecule has 5 rings (SSSR count). The van der Waals surface area contributed by atoms with Crippen molar-refractivity contribution in [3.63, 3.8) is 0 Å².